The van der Waals surface area contributed by atoms with Gasteiger partial charge in [0.2, 0.25) is 6.20 Å². The Morgan fingerprint density at radius 2 is 2.10 bits per heavy atom. The first-order chi connectivity index (χ1) is 9.74. The number of hydrogen-bond donors (Lipinski definition) is 0. The minimum absolute atomic E-state index is 0.101. The Morgan fingerprint density at radius 1 is 1.40 bits per heavy atom. The zero-order valence-corrected chi connectivity index (χ0v) is 11.3. The van der Waals surface area contributed by atoms with Crippen LogP contribution in [0.5, 0.6) is 0 Å². The highest BCUT2D eigenvalue weighted by Gasteiger charge is 2.21. The topological polar surface area (TPSA) is 32.0 Å². The van der Waals surface area contributed by atoms with Gasteiger partial charge in [0, 0.05) is 24.5 Å². The highest BCUT2D eigenvalue weighted by molar-refractivity contribution is 5.58. The van der Waals surface area contributed by atoms with Crippen LogP contribution in [0.1, 0.15) is 50.1 Å². The Bertz CT molecular complexity index is 569. The first-order valence-corrected chi connectivity index (χ1v) is 6.94. The first-order valence-electron chi connectivity index (χ1n) is 6.94. The number of nitrogens with zero attached hydrogens (tertiary/aromatic N) is 3. The lowest BCUT2D eigenvalue weighted by atomic mass is 10.1. The molecule has 0 radical (unpaired) electrons. The van der Waals surface area contributed by atoms with Crippen molar-refractivity contribution in [1.29, 1.82) is 5.26 Å². The van der Waals surface area contributed by atoms with Gasteiger partial charge in [0.05, 0.1) is 12.6 Å². The van der Waals surface area contributed by atoms with Crippen molar-refractivity contribution in [2.45, 2.75) is 44.6 Å². The molecule has 20 heavy (non-hydrogen) atoms. The maximum absolute atomic E-state index is 14.1. The molecule has 3 nitrogen and oxygen atoms in total. The Balaban J connectivity index is 2.24. The van der Waals surface area contributed by atoms with Crippen LogP contribution >= 0.6 is 0 Å². The van der Waals surface area contributed by atoms with E-state index in [1.54, 1.807) is 12.1 Å². The minimum atomic E-state index is -0.381. The van der Waals surface area contributed by atoms with Crippen LogP contribution in [0.15, 0.2) is 24.2 Å². The summed E-state index contributed by atoms with van der Waals surface area (Å²) in [6, 6.07) is 3.75. The van der Waals surface area contributed by atoms with Crippen molar-refractivity contribution in [3.8, 4) is 6.07 Å². The average molecular weight is 270 g/mol. The van der Waals surface area contributed by atoms with Crippen LogP contribution in [0, 0.1) is 23.7 Å². The molecule has 0 bridgehead atoms. The van der Waals surface area contributed by atoms with Gasteiger partial charge >= 0.3 is 0 Å². The van der Waals surface area contributed by atoms with Gasteiger partial charge in [-0.15, -0.1) is 0 Å². The number of aromatic nitrogens is 1. The zero-order valence-electron chi connectivity index (χ0n) is 11.3. The predicted octanol–water partition coefficient (Wildman–Crippen LogP) is 3.79. The van der Waals surface area contributed by atoms with E-state index in [0.717, 1.165) is 12.8 Å². The largest absolute Gasteiger partial charge is 0.262 e. The number of pyridine rings is 1. The Hall–Kier alpha value is -2.20. The van der Waals surface area contributed by atoms with Crippen molar-refractivity contribution in [1.82, 2.24) is 0 Å². The molecular formula is C16H17FN3+. The van der Waals surface area contributed by atoms with Gasteiger partial charge in [0.15, 0.2) is 18.1 Å². The molecular weight excluding hydrogens is 253 g/mol. The lowest BCUT2D eigenvalue weighted by Crippen LogP contribution is -2.39. The summed E-state index contributed by atoms with van der Waals surface area (Å²) < 4.78 is 16.0. The fourth-order valence-corrected chi connectivity index (χ4v) is 2.63. The molecule has 1 aromatic rings. The second kappa shape index (κ2) is 6.82. The number of hydrogen-bond acceptors (Lipinski definition) is 1. The van der Waals surface area contributed by atoms with Crippen molar-refractivity contribution in [3.05, 3.63) is 47.0 Å². The fourth-order valence-electron chi connectivity index (χ4n) is 2.63. The third-order valence-electron chi connectivity index (χ3n) is 3.74. The highest BCUT2D eigenvalue weighted by Crippen LogP contribution is 2.23. The van der Waals surface area contributed by atoms with Crippen LogP contribution in [0.4, 0.5) is 4.39 Å². The summed E-state index contributed by atoms with van der Waals surface area (Å²) in [5.41, 5.74) is 0.193. The maximum Gasteiger partial charge on any atom is 0.262 e. The van der Waals surface area contributed by atoms with Crippen molar-refractivity contribution in [2.75, 3.05) is 0 Å². The molecule has 1 aliphatic carbocycles. The molecule has 0 amide bonds. The van der Waals surface area contributed by atoms with Crippen molar-refractivity contribution < 1.29 is 8.96 Å². The van der Waals surface area contributed by atoms with Crippen LogP contribution in [-0.2, 0) is 0 Å². The number of halogens is 1. The average Bonchev–Trinajstić information content (AvgIpc) is 2.75. The second-order valence-electron chi connectivity index (χ2n) is 5.09. The van der Waals surface area contributed by atoms with Gasteiger partial charge in [-0.2, -0.15) is 8.96 Å². The lowest BCUT2D eigenvalue weighted by molar-refractivity contribution is -0.725. The lowest BCUT2D eigenvalue weighted by Gasteiger charge is -2.09. The van der Waals surface area contributed by atoms with Gasteiger partial charge in [0.25, 0.3) is 5.70 Å². The van der Waals surface area contributed by atoms with Crippen molar-refractivity contribution >= 4 is 6.08 Å². The molecule has 2 rings (SSSR count). The van der Waals surface area contributed by atoms with Gasteiger partial charge in [-0.1, -0.05) is 12.8 Å². The summed E-state index contributed by atoms with van der Waals surface area (Å²) in [5, 5.41) is 8.71. The molecule has 0 aliphatic heterocycles. The standard InChI is InChI=1S/C16H17FN3/c1-19-14(11-18)10-13-8-9-20(12-16(13)17)15-6-4-2-3-5-7-15/h8-10,12,15H,2-7H2/q+1/b14-10-. The summed E-state index contributed by atoms with van der Waals surface area (Å²) in [7, 11) is 0. The predicted molar refractivity (Wildman–Crippen MR) is 73.5 cm³/mol. The first kappa shape index (κ1) is 14.2. The Morgan fingerprint density at radius 3 is 2.65 bits per heavy atom. The number of nitriles is 1. The third-order valence-corrected chi connectivity index (χ3v) is 3.74. The van der Waals surface area contributed by atoms with E-state index in [1.165, 1.54) is 38.0 Å². The van der Waals surface area contributed by atoms with Crippen molar-refractivity contribution in [3.63, 3.8) is 0 Å². The minimum Gasteiger partial charge on any atom is -0.227 e. The molecule has 1 aromatic heterocycles. The quantitative estimate of drug-likeness (QED) is 0.348. The van der Waals surface area contributed by atoms with Gasteiger partial charge in [-0.05, 0) is 18.9 Å². The second-order valence-corrected chi connectivity index (χ2v) is 5.09. The summed E-state index contributed by atoms with van der Waals surface area (Å²) in [6.07, 6.45) is 11.7. The van der Waals surface area contributed by atoms with E-state index < -0.39 is 0 Å². The molecule has 0 spiro atoms. The molecule has 0 atom stereocenters. The molecule has 0 unspecified atom stereocenters. The Kier molecular flexibility index (Phi) is 4.85. The van der Waals surface area contributed by atoms with Gasteiger partial charge < -0.3 is 0 Å². The molecule has 1 heterocycles. The van der Waals surface area contributed by atoms with Crippen LogP contribution < -0.4 is 4.57 Å². The van der Waals surface area contributed by atoms with Gasteiger partial charge in [-0.25, -0.2) is 10.1 Å². The molecule has 1 aliphatic rings. The smallest absolute Gasteiger partial charge is 0.227 e. The zero-order chi connectivity index (χ0) is 14.4. The summed E-state index contributed by atoms with van der Waals surface area (Å²) in [5.74, 6) is -0.381. The molecule has 0 saturated heterocycles. The summed E-state index contributed by atoms with van der Waals surface area (Å²) in [6.45, 7) is 6.81. The number of allylic oxidation sites excluding steroid dienone is 1. The summed E-state index contributed by atoms with van der Waals surface area (Å²) in [4.78, 5) is 3.04. The molecule has 1 saturated carbocycles. The van der Waals surface area contributed by atoms with Crippen molar-refractivity contribution in [2.24, 2.45) is 0 Å². The van der Waals surface area contributed by atoms with E-state index >= 15 is 0 Å². The van der Waals surface area contributed by atoms with E-state index in [1.807, 2.05) is 10.8 Å². The monoisotopic (exact) mass is 270 g/mol. The fraction of sp³-hybridized carbons (Fsp3) is 0.438. The van der Waals surface area contributed by atoms with Crippen LogP contribution in [-0.4, -0.2) is 0 Å². The van der Waals surface area contributed by atoms with E-state index in [-0.39, 0.29) is 11.5 Å². The van der Waals surface area contributed by atoms with Crippen LogP contribution in [0.3, 0.4) is 0 Å². The molecule has 102 valence electrons. The maximum atomic E-state index is 14.1. The van der Waals surface area contributed by atoms with Crippen LogP contribution in [0.2, 0.25) is 0 Å². The molecule has 0 aromatic carbocycles. The molecule has 1 fully saturated rings. The SMILES string of the molecule is [C-]#[N+]/C(C#N)=C\c1cc[n+](C2CCCCCC2)cc1F. The van der Waals surface area contributed by atoms with E-state index in [9.17, 15) is 4.39 Å². The normalized spacial score (nSPS) is 17.1. The van der Waals surface area contributed by atoms with E-state index in [0.29, 0.717) is 11.6 Å². The van der Waals surface area contributed by atoms with Crippen LogP contribution in [0.25, 0.3) is 10.9 Å². The van der Waals surface area contributed by atoms with Gasteiger partial charge in [0.1, 0.15) is 0 Å². The highest BCUT2D eigenvalue weighted by atomic mass is 19.1. The van der Waals surface area contributed by atoms with E-state index in [2.05, 4.69) is 4.85 Å². The summed E-state index contributed by atoms with van der Waals surface area (Å²) >= 11 is 0. The molecule has 0 N–H and O–H groups in total. The van der Waals surface area contributed by atoms with E-state index in [4.69, 9.17) is 11.8 Å². The molecule has 4 heteroatoms. The number of rotatable bonds is 2. The Labute approximate surface area is 118 Å². The third kappa shape index (κ3) is 3.42. The van der Waals surface area contributed by atoms with Gasteiger partial charge in [-0.3, -0.25) is 0 Å².